The summed E-state index contributed by atoms with van der Waals surface area (Å²) >= 11 is 8.01. The van der Waals surface area contributed by atoms with Gasteiger partial charge in [-0.3, -0.25) is 9.59 Å². The Balaban J connectivity index is 2.02. The second-order valence-electron chi connectivity index (χ2n) is 4.37. The van der Waals surface area contributed by atoms with Crippen molar-refractivity contribution in [2.75, 3.05) is 10.6 Å². The lowest BCUT2D eigenvalue weighted by atomic mass is 10.2. The number of nitrogens with one attached hydrogen (secondary N) is 2. The minimum atomic E-state index is -0.723. The molecule has 2 aromatic rings. The van der Waals surface area contributed by atoms with Crippen LogP contribution in [-0.4, -0.2) is 11.8 Å². The molecule has 2 rings (SSSR count). The number of halogens is 2. The molecule has 2 N–H and O–H groups in total. The van der Waals surface area contributed by atoms with Gasteiger partial charge < -0.3 is 10.6 Å². The summed E-state index contributed by atoms with van der Waals surface area (Å²) in [5.74, 6) is -1.44. The molecule has 0 aliphatic carbocycles. The minimum absolute atomic E-state index is 0.558. The van der Waals surface area contributed by atoms with Crippen molar-refractivity contribution in [1.29, 1.82) is 0 Å². The molecule has 6 heteroatoms. The molecule has 0 aromatic heterocycles. The zero-order chi connectivity index (χ0) is 15.4. The number of hydrogen-bond donors (Lipinski definition) is 2. The Kier molecular flexibility index (Phi) is 5.19. The van der Waals surface area contributed by atoms with Crippen LogP contribution in [0.25, 0.3) is 0 Å². The lowest BCUT2D eigenvalue weighted by molar-refractivity contribution is -0.133. The van der Waals surface area contributed by atoms with Gasteiger partial charge in [0.1, 0.15) is 0 Å². The highest BCUT2D eigenvalue weighted by molar-refractivity contribution is 14.1. The van der Waals surface area contributed by atoms with Crippen molar-refractivity contribution in [3.05, 3.63) is 56.6 Å². The summed E-state index contributed by atoms with van der Waals surface area (Å²) in [5.41, 5.74) is 1.92. The summed E-state index contributed by atoms with van der Waals surface area (Å²) in [5, 5.41) is 5.67. The van der Waals surface area contributed by atoms with E-state index < -0.39 is 11.8 Å². The molecule has 0 atom stereocenters. The van der Waals surface area contributed by atoms with Gasteiger partial charge in [-0.15, -0.1) is 0 Å². The first-order valence-corrected chi connectivity index (χ1v) is 7.55. The second-order valence-corrected chi connectivity index (χ2v) is 6.06. The first kappa shape index (κ1) is 15.8. The van der Waals surface area contributed by atoms with Gasteiger partial charge in [0.05, 0.1) is 0 Å². The molecule has 108 valence electrons. The zero-order valence-electron chi connectivity index (χ0n) is 11.1. The molecular weight excluding hydrogens is 403 g/mol. The summed E-state index contributed by atoms with van der Waals surface area (Å²) in [6.45, 7) is 1.80. The fourth-order valence-corrected chi connectivity index (χ4v) is 2.25. The monoisotopic (exact) mass is 414 g/mol. The van der Waals surface area contributed by atoms with E-state index in [0.717, 1.165) is 9.13 Å². The Labute approximate surface area is 141 Å². The number of rotatable bonds is 2. The number of carbonyl (C=O) groups is 2. The summed E-state index contributed by atoms with van der Waals surface area (Å²) in [4.78, 5) is 23.7. The predicted molar refractivity (Wildman–Crippen MR) is 92.6 cm³/mol. The van der Waals surface area contributed by atoms with Crippen LogP contribution in [0.2, 0.25) is 5.02 Å². The van der Waals surface area contributed by atoms with E-state index in [2.05, 4.69) is 33.2 Å². The average Bonchev–Trinajstić information content (AvgIpc) is 2.44. The van der Waals surface area contributed by atoms with Crippen LogP contribution < -0.4 is 10.6 Å². The van der Waals surface area contributed by atoms with Crippen LogP contribution in [0, 0.1) is 10.5 Å². The summed E-state index contributed by atoms with van der Waals surface area (Å²) < 4.78 is 1.05. The first-order chi connectivity index (χ1) is 9.95. The van der Waals surface area contributed by atoms with Crippen LogP contribution in [-0.2, 0) is 9.59 Å². The Bertz CT molecular complexity index is 687. The lowest BCUT2D eigenvalue weighted by Gasteiger charge is -2.09. The molecular formula is C15H12ClIN2O2. The highest BCUT2D eigenvalue weighted by atomic mass is 127. The maximum atomic E-state index is 11.9. The molecule has 0 fully saturated rings. The van der Waals surface area contributed by atoms with E-state index in [-0.39, 0.29) is 0 Å². The minimum Gasteiger partial charge on any atom is -0.318 e. The fourth-order valence-electron chi connectivity index (χ4n) is 1.67. The Hall–Kier alpha value is -1.60. The quantitative estimate of drug-likeness (QED) is 0.580. The van der Waals surface area contributed by atoms with E-state index >= 15 is 0 Å². The zero-order valence-corrected chi connectivity index (χ0v) is 14.0. The highest BCUT2D eigenvalue weighted by Gasteiger charge is 2.15. The van der Waals surface area contributed by atoms with E-state index in [1.807, 2.05) is 12.1 Å². The molecule has 0 unspecified atom stereocenters. The molecule has 0 spiro atoms. The number of carbonyl (C=O) groups excluding carboxylic acids is 2. The van der Waals surface area contributed by atoms with Gasteiger partial charge in [0.25, 0.3) is 0 Å². The third-order valence-electron chi connectivity index (χ3n) is 2.74. The van der Waals surface area contributed by atoms with Crippen LogP contribution in [0.4, 0.5) is 11.4 Å². The average molecular weight is 415 g/mol. The van der Waals surface area contributed by atoms with Crippen molar-refractivity contribution >= 4 is 57.4 Å². The Morgan fingerprint density at radius 3 is 2.24 bits per heavy atom. The molecule has 0 radical (unpaired) electrons. The van der Waals surface area contributed by atoms with Crippen molar-refractivity contribution < 1.29 is 9.59 Å². The number of hydrogen-bond acceptors (Lipinski definition) is 2. The summed E-state index contributed by atoms with van der Waals surface area (Å²) in [6, 6.07) is 12.2. The van der Waals surface area contributed by atoms with Crippen LogP contribution in [0.3, 0.4) is 0 Å². The Morgan fingerprint density at radius 2 is 1.62 bits per heavy atom. The smallest absolute Gasteiger partial charge is 0.314 e. The van der Waals surface area contributed by atoms with Crippen molar-refractivity contribution in [3.63, 3.8) is 0 Å². The van der Waals surface area contributed by atoms with Gasteiger partial charge >= 0.3 is 11.8 Å². The SMILES string of the molecule is Cc1cc(Cl)ccc1NC(=O)C(=O)Nc1ccc(I)cc1. The second kappa shape index (κ2) is 6.91. The van der Waals surface area contributed by atoms with Crippen LogP contribution in [0.1, 0.15) is 5.56 Å². The summed E-state index contributed by atoms with van der Waals surface area (Å²) in [6.07, 6.45) is 0. The molecule has 0 aliphatic heterocycles. The van der Waals surface area contributed by atoms with Crippen molar-refractivity contribution in [3.8, 4) is 0 Å². The van der Waals surface area contributed by atoms with Crippen molar-refractivity contribution in [2.24, 2.45) is 0 Å². The molecule has 4 nitrogen and oxygen atoms in total. The fraction of sp³-hybridized carbons (Fsp3) is 0.0667. The molecule has 0 bridgehead atoms. The maximum Gasteiger partial charge on any atom is 0.314 e. The Morgan fingerprint density at radius 1 is 1.00 bits per heavy atom. The third kappa shape index (κ3) is 4.44. The normalized spacial score (nSPS) is 10.0. The predicted octanol–water partition coefficient (Wildman–Crippen LogP) is 3.83. The molecule has 0 heterocycles. The van der Waals surface area contributed by atoms with Crippen LogP contribution >= 0.6 is 34.2 Å². The summed E-state index contributed by atoms with van der Waals surface area (Å²) in [7, 11) is 0. The van der Waals surface area contributed by atoms with Gasteiger partial charge in [-0.25, -0.2) is 0 Å². The standard InChI is InChI=1S/C15H12ClIN2O2/c1-9-8-10(16)2-7-13(9)19-15(21)14(20)18-12-5-3-11(17)4-6-12/h2-8H,1H3,(H,18,20)(H,19,21). The third-order valence-corrected chi connectivity index (χ3v) is 3.70. The lowest BCUT2D eigenvalue weighted by Crippen LogP contribution is -2.29. The number of amides is 2. The van der Waals surface area contributed by atoms with Gasteiger partial charge in [0, 0.05) is 20.0 Å². The molecule has 2 amide bonds. The number of aryl methyl sites for hydroxylation is 1. The molecule has 2 aromatic carbocycles. The number of anilines is 2. The van der Waals surface area contributed by atoms with Gasteiger partial charge in [0.15, 0.2) is 0 Å². The highest BCUT2D eigenvalue weighted by Crippen LogP contribution is 2.19. The number of benzene rings is 2. The topological polar surface area (TPSA) is 58.2 Å². The van der Waals surface area contributed by atoms with Crippen LogP contribution in [0.5, 0.6) is 0 Å². The van der Waals surface area contributed by atoms with E-state index in [1.165, 1.54) is 0 Å². The van der Waals surface area contributed by atoms with Gasteiger partial charge in [-0.1, -0.05) is 11.6 Å². The van der Waals surface area contributed by atoms with E-state index in [9.17, 15) is 9.59 Å². The van der Waals surface area contributed by atoms with E-state index in [0.29, 0.717) is 16.4 Å². The molecule has 0 saturated heterocycles. The van der Waals surface area contributed by atoms with Crippen LogP contribution in [0.15, 0.2) is 42.5 Å². The maximum absolute atomic E-state index is 11.9. The van der Waals surface area contributed by atoms with E-state index in [4.69, 9.17) is 11.6 Å². The van der Waals surface area contributed by atoms with Gasteiger partial charge in [0.2, 0.25) is 0 Å². The van der Waals surface area contributed by atoms with Gasteiger partial charge in [-0.2, -0.15) is 0 Å². The van der Waals surface area contributed by atoms with E-state index in [1.54, 1.807) is 37.3 Å². The van der Waals surface area contributed by atoms with Crippen molar-refractivity contribution in [2.45, 2.75) is 6.92 Å². The largest absolute Gasteiger partial charge is 0.318 e. The van der Waals surface area contributed by atoms with Crippen molar-refractivity contribution in [1.82, 2.24) is 0 Å². The molecule has 0 saturated carbocycles. The molecule has 0 aliphatic rings. The van der Waals surface area contributed by atoms with Gasteiger partial charge in [-0.05, 0) is 77.5 Å². The first-order valence-electron chi connectivity index (χ1n) is 6.10. The molecule has 21 heavy (non-hydrogen) atoms.